The first-order valence-corrected chi connectivity index (χ1v) is 15.5. The fraction of sp³-hybridized carbons (Fsp3) is 0.600. The van der Waals surface area contributed by atoms with Crippen molar-refractivity contribution in [2.24, 2.45) is 0 Å². The molecule has 0 unspecified atom stereocenters. The van der Waals surface area contributed by atoms with Gasteiger partial charge in [0.15, 0.2) is 0 Å². The Hall–Kier alpha value is -1.32. The summed E-state index contributed by atoms with van der Waals surface area (Å²) in [6, 6.07) is 0. The zero-order valence-electron chi connectivity index (χ0n) is 38.2. The van der Waals surface area contributed by atoms with E-state index in [9.17, 15) is 0 Å². The van der Waals surface area contributed by atoms with Crippen molar-refractivity contribution in [3.05, 3.63) is 106 Å². The number of rotatable bonds is 12. The summed E-state index contributed by atoms with van der Waals surface area (Å²) < 4.78 is 124. The van der Waals surface area contributed by atoms with Crippen LogP contribution < -0.4 is 0 Å². The molecule has 0 bridgehead atoms. The van der Waals surface area contributed by atoms with E-state index < -0.39 is 0 Å². The molecule has 0 amide bonds. The predicted molar refractivity (Wildman–Crippen MR) is 196 cm³/mol. The summed E-state index contributed by atoms with van der Waals surface area (Å²) in [5, 5.41) is 0. The van der Waals surface area contributed by atoms with Crippen molar-refractivity contribution in [3.8, 4) is 0 Å². The molecule has 19 nitrogen and oxygen atoms in total. The molecular weight excluding hydrogens is 1210 g/mol. The number of hydrogen-bond donors (Lipinski definition) is 0. The fourth-order valence-corrected chi connectivity index (χ4v) is 4.02. The Balaban J connectivity index is -0.0000000126. The Morgan fingerprint density at radius 2 is 0.203 bits per heavy atom. The molecule has 0 fully saturated rings. The largest absolute Gasteiger partial charge is 0 e. The molecule has 0 N–H and O–H groups in total. The zero-order chi connectivity index (χ0) is 54.0. The topological polar surface area (TPSA) is 318 Å². The van der Waals surface area contributed by atoms with Crippen LogP contribution in [0.1, 0.15) is 83.1 Å². The van der Waals surface area contributed by atoms with E-state index >= 15 is 0 Å². The van der Waals surface area contributed by atoms with Crippen LogP contribution in [0, 0.1) is 106 Å². The van der Waals surface area contributed by atoms with E-state index in [1.807, 2.05) is 0 Å². The molecule has 0 aliphatic rings. The molecule has 64 heavy (non-hydrogen) atoms. The molecule has 0 saturated heterocycles. The van der Waals surface area contributed by atoms with Gasteiger partial charge < -0.3 is 13.4 Å². The first-order valence-electron chi connectivity index (χ1n) is 15.5. The Morgan fingerprint density at radius 1 is 0.172 bits per heavy atom. The summed E-state index contributed by atoms with van der Waals surface area (Å²) in [6.45, 7) is 115. The molecule has 0 heterocycles. The van der Waals surface area contributed by atoms with E-state index in [2.05, 4.69) is 189 Å². The standard InChI is InChI=1S/3C8H20N.16CO.Bi.4Fe/c3*1-5-9(6-2,7-3)8-4;16*1-2;;;;;/h3*5-8H2,1-4H3;;;;;;;;;;;;;;;;;;;;;/q3*+1;;;;;;;;;;;;;;;;;;;;;. The maximum atomic E-state index is 7.50. The third-order valence-electron chi connectivity index (χ3n) is 8.05. The van der Waals surface area contributed by atoms with Gasteiger partial charge in [0.2, 0.25) is 0 Å². The van der Waals surface area contributed by atoms with Gasteiger partial charge in [-0.2, -0.15) is 0 Å². The van der Waals surface area contributed by atoms with Gasteiger partial charge in [-0.15, -0.1) is 0 Å². The smallest absolute Gasteiger partial charge is 0 e. The molecule has 3 radical (unpaired) electrons. The molecule has 0 saturated carbocycles. The minimum absolute atomic E-state index is 0. The Labute approximate surface area is 447 Å². The first kappa shape index (κ1) is 159. The summed E-state index contributed by atoms with van der Waals surface area (Å²) in [4.78, 5) is 0. The number of hydrogen-bond acceptors (Lipinski definition) is 0. The summed E-state index contributed by atoms with van der Waals surface area (Å²) in [5.74, 6) is 0. The van der Waals surface area contributed by atoms with Crippen LogP contribution in [0.5, 0.6) is 0 Å². The normalized spacial score (nSPS) is 5.56. The fourth-order valence-electron chi connectivity index (χ4n) is 4.02. The van der Waals surface area contributed by atoms with Crippen LogP contribution in [0.2, 0.25) is 0 Å². The molecule has 0 aliphatic carbocycles. The van der Waals surface area contributed by atoms with Crippen molar-refractivity contribution in [2.75, 3.05) is 78.5 Å². The number of nitrogens with zero attached hydrogens (tertiary/aromatic N) is 3. The van der Waals surface area contributed by atoms with Crippen molar-refractivity contribution in [2.45, 2.75) is 83.1 Å². The van der Waals surface area contributed by atoms with Crippen molar-refractivity contribution in [1.29, 1.82) is 0 Å². The van der Waals surface area contributed by atoms with Crippen LogP contribution in [0.3, 0.4) is 0 Å². The summed E-state index contributed by atoms with van der Waals surface area (Å²) in [6.07, 6.45) is 0. The molecule has 0 spiro atoms. The Bertz CT molecular complexity index is 689. The van der Waals surface area contributed by atoms with Crippen molar-refractivity contribution in [1.82, 2.24) is 0 Å². The van der Waals surface area contributed by atoms with E-state index in [-0.39, 0.29) is 94.5 Å². The number of quaternary nitrogens is 3. The van der Waals surface area contributed by atoms with Gasteiger partial charge in [0.25, 0.3) is 0 Å². The van der Waals surface area contributed by atoms with Gasteiger partial charge in [0.05, 0.1) is 78.5 Å². The van der Waals surface area contributed by atoms with Gasteiger partial charge in [-0.25, -0.2) is 0 Å². The van der Waals surface area contributed by atoms with Crippen LogP contribution in [0.4, 0.5) is 0 Å². The first-order chi connectivity index (χ1) is 28.7. The zero-order valence-corrected chi connectivity index (χ0v) is 46.1. The van der Waals surface area contributed by atoms with Crippen LogP contribution in [-0.4, -0.2) is 118 Å². The van der Waals surface area contributed by atoms with Crippen LogP contribution in [-0.2, 0) is 143 Å². The van der Waals surface area contributed by atoms with Gasteiger partial charge in [0.1, 0.15) is 0 Å². The minimum atomic E-state index is 0. The van der Waals surface area contributed by atoms with E-state index in [4.69, 9.17) is 74.4 Å². The van der Waals surface area contributed by atoms with E-state index in [0.717, 1.165) is 0 Å². The third kappa shape index (κ3) is 180. The molecule has 24 heteroatoms. The minimum Gasteiger partial charge on any atom is 0 e. The second kappa shape index (κ2) is 276. The molecule has 0 atom stereocenters. The van der Waals surface area contributed by atoms with E-state index in [1.165, 1.54) is 92.0 Å². The third-order valence-corrected chi connectivity index (χ3v) is 8.05. The van der Waals surface area contributed by atoms with Gasteiger partial charge in [-0.3, -0.25) is 0 Å². The van der Waals surface area contributed by atoms with Crippen LogP contribution >= 0.6 is 0 Å². The molecule has 365 valence electrons. The molecule has 0 aliphatic heterocycles. The van der Waals surface area contributed by atoms with Gasteiger partial charge in [-0.1, -0.05) is 0 Å². The van der Waals surface area contributed by atoms with Gasteiger partial charge >= 0.3 is 181 Å². The maximum Gasteiger partial charge on any atom is 0 e. The Kier molecular flexibility index (Phi) is 688. The van der Waals surface area contributed by atoms with Gasteiger partial charge in [-0.05, 0) is 83.1 Å². The molecule has 0 aromatic carbocycles. The summed E-state index contributed by atoms with van der Waals surface area (Å²) in [7, 11) is 0. The summed E-state index contributed by atoms with van der Waals surface area (Å²) in [5.41, 5.74) is 0. The van der Waals surface area contributed by atoms with Crippen molar-refractivity contribution < 1.29 is 156 Å². The van der Waals surface area contributed by atoms with E-state index in [1.54, 1.807) is 0 Å². The SMILES string of the molecule is CC[N+](CC)(CC)CC.CC[N+](CC)(CC)CC.CC[N+](CC)(CC)CC.[Bi].[C-]#[O+].[C-]#[O+].[C-]#[O+].[C-]#[O+].[C-]#[O+].[C-]#[O+].[C-]#[O+].[C-]#[O+].[C-]#[O+].[C-]#[O+].[C-]#[O+].[C-]#[O+].[C-]#[O+].[C-]#[O+].[C-]#[O+].[C-]#[O+].[Fe].[Fe].[Fe].[Fe]. The van der Waals surface area contributed by atoms with E-state index in [0.29, 0.717) is 0 Å². The monoisotopic (exact) mass is 1270 g/mol. The van der Waals surface area contributed by atoms with Crippen molar-refractivity contribution in [3.63, 3.8) is 0 Å². The average Bonchev–Trinajstić information content (AvgIpc) is 3.42. The maximum absolute atomic E-state index is 7.50. The second-order valence-electron chi connectivity index (χ2n) is 7.82. The van der Waals surface area contributed by atoms with Crippen molar-refractivity contribution >= 4 is 26.2 Å². The average molecular weight is 1270 g/mol. The molecular formula is C40H60BiFe4N3O16+3. The molecule has 0 aromatic heterocycles. The second-order valence-corrected chi connectivity index (χ2v) is 7.82. The van der Waals surface area contributed by atoms with Crippen LogP contribution in [0.15, 0.2) is 0 Å². The molecule has 0 rings (SSSR count). The van der Waals surface area contributed by atoms with Crippen LogP contribution in [0.25, 0.3) is 0 Å². The quantitative estimate of drug-likeness (QED) is 0.111. The Morgan fingerprint density at radius 3 is 0.203 bits per heavy atom. The van der Waals surface area contributed by atoms with Gasteiger partial charge in [0, 0.05) is 94.5 Å². The predicted octanol–water partition coefficient (Wildman–Crippen LogP) is 4.66. The molecule has 0 aromatic rings. The summed E-state index contributed by atoms with van der Waals surface area (Å²) >= 11 is 0.